The summed E-state index contributed by atoms with van der Waals surface area (Å²) in [5.74, 6) is -0.684. The van der Waals surface area contributed by atoms with E-state index in [1.165, 1.54) is 18.7 Å². The van der Waals surface area contributed by atoms with Crippen LogP contribution in [0.15, 0.2) is 47.4 Å². The highest BCUT2D eigenvalue weighted by atomic mass is 32.2. The van der Waals surface area contributed by atoms with E-state index in [9.17, 15) is 19.5 Å². The normalized spacial score (nSPS) is 14.0. The van der Waals surface area contributed by atoms with E-state index >= 15 is 0 Å². The number of hydrogen-bond acceptors (Lipinski definition) is 5. The summed E-state index contributed by atoms with van der Waals surface area (Å²) in [4.78, 5) is 39.1. The van der Waals surface area contributed by atoms with Gasteiger partial charge in [-0.15, -0.1) is 11.8 Å². The minimum absolute atomic E-state index is 0.0960. The quantitative estimate of drug-likeness (QED) is 0.714. The van der Waals surface area contributed by atoms with E-state index in [1.54, 1.807) is 24.3 Å². The SMILES string of the molecule is CC(=O)Nc1ccc(N2C(=O)C(SCCO)=C(c3ccc(C)cc3C)C2=O)cc1. The van der Waals surface area contributed by atoms with Gasteiger partial charge in [0.25, 0.3) is 11.8 Å². The van der Waals surface area contributed by atoms with Gasteiger partial charge in [-0.05, 0) is 49.2 Å². The Morgan fingerprint density at radius 3 is 2.34 bits per heavy atom. The van der Waals surface area contributed by atoms with Crippen molar-refractivity contribution in [2.24, 2.45) is 0 Å². The first kappa shape index (κ1) is 20.8. The van der Waals surface area contributed by atoms with E-state index < -0.39 is 11.8 Å². The molecule has 0 bridgehead atoms. The first-order valence-corrected chi connectivity index (χ1v) is 10.1. The van der Waals surface area contributed by atoms with Crippen LogP contribution >= 0.6 is 11.8 Å². The largest absolute Gasteiger partial charge is 0.396 e. The molecule has 2 N–H and O–H groups in total. The van der Waals surface area contributed by atoms with E-state index in [4.69, 9.17) is 0 Å². The molecule has 0 fully saturated rings. The van der Waals surface area contributed by atoms with Crippen molar-refractivity contribution >= 4 is 46.4 Å². The Labute approximate surface area is 173 Å². The van der Waals surface area contributed by atoms with E-state index in [0.717, 1.165) is 16.0 Å². The molecule has 0 saturated heterocycles. The standard InChI is InChI=1S/C22H22N2O4S/c1-13-4-9-18(14(2)12-13)19-20(29-11-10-25)22(28)24(21(19)27)17-7-5-16(6-8-17)23-15(3)26/h4-9,12,25H,10-11H2,1-3H3,(H,23,26). The summed E-state index contributed by atoms with van der Waals surface area (Å²) in [5, 5.41) is 11.9. The van der Waals surface area contributed by atoms with Crippen molar-refractivity contribution in [3.05, 3.63) is 64.1 Å². The molecule has 2 aromatic rings. The molecular formula is C22H22N2O4S. The Bertz CT molecular complexity index is 1010. The number of benzene rings is 2. The second-order valence-corrected chi connectivity index (χ2v) is 7.87. The molecule has 2 aromatic carbocycles. The van der Waals surface area contributed by atoms with Gasteiger partial charge in [0.2, 0.25) is 5.91 Å². The summed E-state index contributed by atoms with van der Waals surface area (Å²) < 4.78 is 0. The molecule has 150 valence electrons. The Hall–Kier alpha value is -2.90. The van der Waals surface area contributed by atoms with Gasteiger partial charge in [-0.25, -0.2) is 4.90 Å². The number of anilines is 2. The van der Waals surface area contributed by atoms with E-state index in [1.807, 2.05) is 32.0 Å². The highest BCUT2D eigenvalue weighted by Gasteiger charge is 2.40. The van der Waals surface area contributed by atoms with Crippen molar-refractivity contribution in [2.75, 3.05) is 22.6 Å². The molecule has 29 heavy (non-hydrogen) atoms. The summed E-state index contributed by atoms with van der Waals surface area (Å²) in [6.45, 7) is 5.19. The van der Waals surface area contributed by atoms with E-state index in [0.29, 0.717) is 33.2 Å². The number of hydrogen-bond donors (Lipinski definition) is 2. The van der Waals surface area contributed by atoms with Crippen molar-refractivity contribution in [3.8, 4) is 0 Å². The van der Waals surface area contributed by atoms with Crippen LogP contribution in [0.3, 0.4) is 0 Å². The molecule has 0 aliphatic carbocycles. The molecule has 0 spiro atoms. The fourth-order valence-corrected chi connectivity index (χ4v) is 4.11. The van der Waals surface area contributed by atoms with E-state index in [2.05, 4.69) is 5.32 Å². The average Bonchev–Trinajstić information content (AvgIpc) is 2.90. The van der Waals surface area contributed by atoms with Crippen molar-refractivity contribution < 1.29 is 19.5 Å². The minimum Gasteiger partial charge on any atom is -0.396 e. The van der Waals surface area contributed by atoms with Gasteiger partial charge in [-0.1, -0.05) is 23.8 Å². The monoisotopic (exact) mass is 410 g/mol. The third-order valence-electron chi connectivity index (χ3n) is 4.48. The fourth-order valence-electron chi connectivity index (χ4n) is 3.25. The van der Waals surface area contributed by atoms with Crippen molar-refractivity contribution in [3.63, 3.8) is 0 Å². The fraction of sp³-hybridized carbons (Fsp3) is 0.227. The Kier molecular flexibility index (Phi) is 6.20. The van der Waals surface area contributed by atoms with E-state index in [-0.39, 0.29) is 12.5 Å². The lowest BCUT2D eigenvalue weighted by molar-refractivity contribution is -0.120. The molecule has 3 rings (SSSR count). The van der Waals surface area contributed by atoms with Crippen LogP contribution in [0.4, 0.5) is 11.4 Å². The van der Waals surface area contributed by atoms with Crippen molar-refractivity contribution in [1.82, 2.24) is 0 Å². The third-order valence-corrected chi connectivity index (χ3v) is 5.53. The number of aliphatic hydroxyl groups excluding tert-OH is 1. The van der Waals surface area contributed by atoms with Gasteiger partial charge in [0.05, 0.1) is 22.8 Å². The molecule has 1 aliphatic rings. The molecular weight excluding hydrogens is 388 g/mol. The molecule has 0 aromatic heterocycles. The predicted octanol–water partition coefficient (Wildman–Crippen LogP) is 3.27. The maximum Gasteiger partial charge on any atom is 0.272 e. The van der Waals surface area contributed by atoms with Crippen LogP contribution < -0.4 is 10.2 Å². The van der Waals surface area contributed by atoms with Gasteiger partial charge >= 0.3 is 0 Å². The zero-order valence-electron chi connectivity index (χ0n) is 16.5. The maximum absolute atomic E-state index is 13.3. The number of carbonyl (C=O) groups excluding carboxylic acids is 3. The van der Waals surface area contributed by atoms with Gasteiger partial charge in [0.15, 0.2) is 0 Å². The molecule has 0 radical (unpaired) electrons. The first-order valence-electron chi connectivity index (χ1n) is 9.15. The highest BCUT2D eigenvalue weighted by molar-refractivity contribution is 8.04. The Morgan fingerprint density at radius 2 is 1.76 bits per heavy atom. The predicted molar refractivity (Wildman–Crippen MR) is 116 cm³/mol. The highest BCUT2D eigenvalue weighted by Crippen LogP contribution is 2.39. The van der Waals surface area contributed by atoms with Crippen LogP contribution in [-0.2, 0) is 14.4 Å². The number of aliphatic hydroxyl groups is 1. The topological polar surface area (TPSA) is 86.7 Å². The molecule has 0 saturated carbocycles. The summed E-state index contributed by atoms with van der Waals surface area (Å²) >= 11 is 1.18. The number of amides is 3. The zero-order chi connectivity index (χ0) is 21.1. The molecule has 0 unspecified atom stereocenters. The lowest BCUT2D eigenvalue weighted by Gasteiger charge is -2.16. The molecule has 6 nitrogen and oxygen atoms in total. The average molecular weight is 410 g/mol. The molecule has 1 aliphatic heterocycles. The van der Waals surface area contributed by atoms with Gasteiger partial charge in [0, 0.05) is 18.4 Å². The van der Waals surface area contributed by atoms with Gasteiger partial charge in [-0.2, -0.15) is 0 Å². The van der Waals surface area contributed by atoms with Crippen molar-refractivity contribution in [2.45, 2.75) is 20.8 Å². The lowest BCUT2D eigenvalue weighted by Crippen LogP contribution is -2.31. The van der Waals surface area contributed by atoms with Crippen LogP contribution in [0, 0.1) is 13.8 Å². The second kappa shape index (κ2) is 8.63. The van der Waals surface area contributed by atoms with Crippen LogP contribution in [0.2, 0.25) is 0 Å². The smallest absolute Gasteiger partial charge is 0.272 e. The van der Waals surface area contributed by atoms with Crippen LogP contribution in [-0.4, -0.2) is 35.2 Å². The van der Waals surface area contributed by atoms with Gasteiger partial charge in [0.1, 0.15) is 0 Å². The van der Waals surface area contributed by atoms with Crippen molar-refractivity contribution in [1.29, 1.82) is 0 Å². The second-order valence-electron chi connectivity index (χ2n) is 6.77. The number of nitrogens with zero attached hydrogens (tertiary/aromatic N) is 1. The molecule has 1 heterocycles. The molecule has 7 heteroatoms. The lowest BCUT2D eigenvalue weighted by atomic mass is 9.99. The molecule has 0 atom stereocenters. The number of thioether (sulfide) groups is 1. The minimum atomic E-state index is -0.407. The maximum atomic E-state index is 13.3. The number of nitrogens with one attached hydrogen (secondary N) is 1. The number of imide groups is 1. The number of aryl methyl sites for hydroxylation is 2. The Balaban J connectivity index is 2.02. The zero-order valence-corrected chi connectivity index (χ0v) is 17.3. The summed E-state index contributed by atoms with van der Waals surface area (Å²) in [6.07, 6.45) is 0. The third kappa shape index (κ3) is 4.26. The van der Waals surface area contributed by atoms with Crippen LogP contribution in [0.25, 0.3) is 5.57 Å². The Morgan fingerprint density at radius 1 is 1.07 bits per heavy atom. The summed E-state index contributed by atoms with van der Waals surface area (Å²) in [5.41, 5.74) is 4.06. The number of carbonyl (C=O) groups is 3. The number of rotatable bonds is 6. The van der Waals surface area contributed by atoms with Gasteiger partial charge < -0.3 is 10.4 Å². The summed E-state index contributed by atoms with van der Waals surface area (Å²) in [6, 6.07) is 12.3. The van der Waals surface area contributed by atoms with Crippen LogP contribution in [0.5, 0.6) is 0 Å². The van der Waals surface area contributed by atoms with Crippen LogP contribution in [0.1, 0.15) is 23.6 Å². The molecule has 3 amide bonds. The first-order chi connectivity index (χ1) is 13.8. The summed E-state index contributed by atoms with van der Waals surface area (Å²) in [7, 11) is 0. The van der Waals surface area contributed by atoms with Gasteiger partial charge in [-0.3, -0.25) is 14.4 Å².